The summed E-state index contributed by atoms with van der Waals surface area (Å²) in [5.74, 6) is -2.86. The number of aliphatic hydroxyl groups excluding tert-OH is 1. The van der Waals surface area contributed by atoms with Gasteiger partial charge in [0.2, 0.25) is 0 Å². The molecule has 1 aromatic rings. The van der Waals surface area contributed by atoms with Crippen LogP contribution in [0.5, 0.6) is 0 Å². The van der Waals surface area contributed by atoms with Crippen molar-refractivity contribution in [2.24, 2.45) is 0 Å². The van der Waals surface area contributed by atoms with E-state index in [4.69, 9.17) is 0 Å². The van der Waals surface area contributed by atoms with Crippen molar-refractivity contribution < 1.29 is 29.4 Å². The Labute approximate surface area is 203 Å². The highest BCUT2D eigenvalue weighted by Gasteiger charge is 2.30. The standard InChI is InChI=1S/C26H29N3O6/c1-4-16(15-23(31)32)22-14-17(7-10-28(22)3)20-6-5-18(25(34)27-2)13-21(20)24(33)26(35)29-11-8-19(30)9-12-29/h4-7,10,13-14,19,30H,1,8-9,11-12,15H2,2-3H3,(H,27,34)(H,31,32)/b22-16+. The second-order valence-electron chi connectivity index (χ2n) is 8.40. The molecule has 9 nitrogen and oxygen atoms in total. The smallest absolute Gasteiger partial charge is 0.307 e. The fraction of sp³-hybridized carbons (Fsp3) is 0.308. The van der Waals surface area contributed by atoms with Crippen LogP contribution in [0.2, 0.25) is 0 Å². The van der Waals surface area contributed by atoms with Crippen molar-refractivity contribution in [2.75, 3.05) is 27.2 Å². The second kappa shape index (κ2) is 11.0. The molecule has 2 aliphatic rings. The van der Waals surface area contributed by atoms with Gasteiger partial charge in [-0.05, 0) is 53.8 Å². The van der Waals surface area contributed by atoms with Crippen LogP contribution in [-0.4, -0.2) is 76.9 Å². The molecule has 2 heterocycles. The molecule has 1 aromatic carbocycles. The lowest BCUT2D eigenvalue weighted by Crippen LogP contribution is -2.43. The van der Waals surface area contributed by atoms with E-state index in [1.807, 2.05) is 0 Å². The maximum Gasteiger partial charge on any atom is 0.307 e. The molecule has 0 atom stereocenters. The molecule has 2 amide bonds. The van der Waals surface area contributed by atoms with Crippen LogP contribution in [0.4, 0.5) is 0 Å². The number of hydrogen-bond donors (Lipinski definition) is 3. The minimum atomic E-state index is -1.01. The number of rotatable bonds is 7. The Morgan fingerprint density at radius 1 is 1.20 bits per heavy atom. The molecule has 35 heavy (non-hydrogen) atoms. The number of aliphatic hydroxyl groups is 1. The number of hydrogen-bond acceptors (Lipinski definition) is 6. The zero-order valence-corrected chi connectivity index (χ0v) is 19.8. The molecule has 184 valence electrons. The zero-order chi connectivity index (χ0) is 25.7. The lowest BCUT2D eigenvalue weighted by atomic mass is 9.91. The first-order valence-corrected chi connectivity index (χ1v) is 11.2. The number of ketones is 1. The van der Waals surface area contributed by atoms with E-state index in [1.54, 1.807) is 42.4 Å². The molecule has 0 bridgehead atoms. The van der Waals surface area contributed by atoms with Gasteiger partial charge in [-0.25, -0.2) is 0 Å². The van der Waals surface area contributed by atoms with Gasteiger partial charge in [0, 0.05) is 50.2 Å². The van der Waals surface area contributed by atoms with Crippen LogP contribution in [0.3, 0.4) is 0 Å². The van der Waals surface area contributed by atoms with Gasteiger partial charge >= 0.3 is 5.97 Å². The average molecular weight is 480 g/mol. The molecule has 0 radical (unpaired) electrons. The fourth-order valence-electron chi connectivity index (χ4n) is 4.08. The van der Waals surface area contributed by atoms with Gasteiger partial charge in [-0.15, -0.1) is 0 Å². The summed E-state index contributed by atoms with van der Waals surface area (Å²) >= 11 is 0. The monoisotopic (exact) mass is 479 g/mol. The van der Waals surface area contributed by atoms with Crippen LogP contribution in [0.25, 0.3) is 5.57 Å². The molecular weight excluding hydrogens is 450 g/mol. The maximum absolute atomic E-state index is 13.4. The SMILES string of the molecule is C=C/C(CC(=O)O)=C1/C=C(c2ccc(C(=O)NC)cc2C(=O)C(=O)N2CCC(O)CC2)C=CN1C. The van der Waals surface area contributed by atoms with Gasteiger partial charge in [0.15, 0.2) is 0 Å². The Balaban J connectivity index is 2.09. The number of likely N-dealkylation sites (tertiary alicyclic amines) is 1. The predicted octanol–water partition coefficient (Wildman–Crippen LogP) is 1.97. The highest BCUT2D eigenvalue weighted by molar-refractivity contribution is 6.43. The minimum Gasteiger partial charge on any atom is -0.481 e. The van der Waals surface area contributed by atoms with Crippen LogP contribution < -0.4 is 5.32 Å². The second-order valence-corrected chi connectivity index (χ2v) is 8.40. The summed E-state index contributed by atoms with van der Waals surface area (Å²) in [5, 5.41) is 21.5. The fourth-order valence-corrected chi connectivity index (χ4v) is 4.08. The van der Waals surface area contributed by atoms with Crippen molar-refractivity contribution in [1.29, 1.82) is 0 Å². The highest BCUT2D eigenvalue weighted by Crippen LogP contribution is 2.30. The molecule has 0 spiro atoms. The first-order chi connectivity index (χ1) is 16.7. The molecule has 0 aliphatic carbocycles. The third-order valence-corrected chi connectivity index (χ3v) is 6.08. The van der Waals surface area contributed by atoms with Crippen molar-refractivity contribution in [3.63, 3.8) is 0 Å². The van der Waals surface area contributed by atoms with Gasteiger partial charge in [0.1, 0.15) is 0 Å². The van der Waals surface area contributed by atoms with Crippen molar-refractivity contribution in [3.05, 3.63) is 77.2 Å². The van der Waals surface area contributed by atoms with Crippen LogP contribution in [0, 0.1) is 0 Å². The van der Waals surface area contributed by atoms with E-state index in [2.05, 4.69) is 11.9 Å². The molecule has 0 aromatic heterocycles. The number of aliphatic carboxylic acids is 1. The molecule has 0 saturated carbocycles. The molecule has 9 heteroatoms. The number of allylic oxidation sites excluding steroid dienone is 4. The van der Waals surface area contributed by atoms with Crippen molar-refractivity contribution >= 4 is 29.1 Å². The number of nitrogens with zero attached hydrogens (tertiary/aromatic N) is 2. The Morgan fingerprint density at radius 2 is 1.89 bits per heavy atom. The van der Waals surface area contributed by atoms with Crippen LogP contribution >= 0.6 is 0 Å². The van der Waals surface area contributed by atoms with Gasteiger partial charge in [0.05, 0.1) is 12.5 Å². The van der Waals surface area contributed by atoms with E-state index in [0.717, 1.165) is 0 Å². The van der Waals surface area contributed by atoms with Gasteiger partial charge < -0.3 is 25.3 Å². The van der Waals surface area contributed by atoms with Crippen LogP contribution in [-0.2, 0) is 9.59 Å². The van der Waals surface area contributed by atoms with Crippen LogP contribution in [0.15, 0.2) is 60.5 Å². The molecule has 3 N–H and O–H groups in total. The molecule has 2 aliphatic heterocycles. The summed E-state index contributed by atoms with van der Waals surface area (Å²) in [6, 6.07) is 4.57. The first kappa shape index (κ1) is 25.6. The summed E-state index contributed by atoms with van der Waals surface area (Å²) in [7, 11) is 3.24. The average Bonchev–Trinajstić information content (AvgIpc) is 2.86. The molecule has 1 fully saturated rings. The highest BCUT2D eigenvalue weighted by atomic mass is 16.4. The molecule has 0 unspecified atom stereocenters. The summed E-state index contributed by atoms with van der Waals surface area (Å²) in [4.78, 5) is 53.1. The van der Waals surface area contributed by atoms with E-state index >= 15 is 0 Å². The summed E-state index contributed by atoms with van der Waals surface area (Å²) in [6.07, 6.45) is 6.74. The number of piperidine rings is 1. The third-order valence-electron chi connectivity index (χ3n) is 6.08. The van der Waals surface area contributed by atoms with E-state index in [-0.39, 0.29) is 30.6 Å². The van der Waals surface area contributed by atoms with Gasteiger partial charge in [0.25, 0.3) is 17.6 Å². The molecule has 3 rings (SSSR count). The number of carboxylic acid groups (broad SMARTS) is 1. The Hall–Kier alpha value is -3.98. The summed E-state index contributed by atoms with van der Waals surface area (Å²) in [5.41, 5.74) is 2.39. The number of benzene rings is 1. The van der Waals surface area contributed by atoms with Crippen molar-refractivity contribution in [3.8, 4) is 0 Å². The quantitative estimate of drug-likeness (QED) is 0.403. The van der Waals surface area contributed by atoms with Gasteiger partial charge in [-0.2, -0.15) is 0 Å². The van der Waals surface area contributed by atoms with E-state index in [9.17, 15) is 29.4 Å². The Kier molecular flexibility index (Phi) is 8.03. The number of carbonyl (C=O) groups excluding carboxylic acids is 3. The molecule has 1 saturated heterocycles. The summed E-state index contributed by atoms with van der Waals surface area (Å²) < 4.78 is 0. The topological polar surface area (TPSA) is 127 Å². The predicted molar refractivity (Wildman–Crippen MR) is 130 cm³/mol. The number of Topliss-reactive ketones (excluding diaryl/α,β-unsaturated/α-hetero) is 1. The van der Waals surface area contributed by atoms with E-state index in [0.29, 0.717) is 35.2 Å². The van der Waals surface area contributed by atoms with Crippen molar-refractivity contribution in [2.45, 2.75) is 25.4 Å². The lowest BCUT2D eigenvalue weighted by Gasteiger charge is -2.29. The largest absolute Gasteiger partial charge is 0.481 e. The normalized spacial score (nSPS) is 17.5. The molecular formula is C26H29N3O6. The summed E-state index contributed by atoms with van der Waals surface area (Å²) in [6.45, 7) is 4.26. The van der Waals surface area contributed by atoms with E-state index < -0.39 is 29.7 Å². The third kappa shape index (κ3) is 5.75. The Bertz CT molecular complexity index is 1160. The first-order valence-electron chi connectivity index (χ1n) is 11.2. The van der Waals surface area contributed by atoms with Gasteiger partial charge in [-0.3, -0.25) is 19.2 Å². The van der Waals surface area contributed by atoms with Gasteiger partial charge in [-0.1, -0.05) is 18.7 Å². The van der Waals surface area contributed by atoms with Crippen LogP contribution in [0.1, 0.15) is 45.5 Å². The minimum absolute atomic E-state index is 0.0698. The maximum atomic E-state index is 13.4. The Morgan fingerprint density at radius 3 is 2.49 bits per heavy atom. The lowest BCUT2D eigenvalue weighted by molar-refractivity contribution is -0.136. The van der Waals surface area contributed by atoms with Crippen molar-refractivity contribution in [1.82, 2.24) is 15.1 Å². The van der Waals surface area contributed by atoms with E-state index in [1.165, 1.54) is 24.1 Å². The number of amides is 2. The number of nitrogens with one attached hydrogen (secondary N) is 1. The number of carboxylic acids is 1. The number of carbonyl (C=O) groups is 4. The number of likely N-dealkylation sites (N-methyl/N-ethyl adjacent to an activating group) is 1. The zero-order valence-electron chi connectivity index (χ0n) is 19.8.